The van der Waals surface area contributed by atoms with Gasteiger partial charge in [-0.1, -0.05) is 6.07 Å². The monoisotopic (exact) mass is 519 g/mol. The number of imidazole rings is 2. The van der Waals surface area contributed by atoms with E-state index in [0.29, 0.717) is 17.0 Å². The Kier molecular flexibility index (Phi) is 5.59. The largest absolute Gasteiger partial charge is 0.381 e. The molecule has 1 aliphatic carbocycles. The second kappa shape index (κ2) is 8.86. The Morgan fingerprint density at radius 3 is 2.53 bits per heavy atom. The lowest BCUT2D eigenvalue weighted by Gasteiger charge is -2.28. The van der Waals surface area contributed by atoms with Crippen LogP contribution in [-0.4, -0.2) is 41.8 Å². The number of nitrogens with two attached hydrogens (primary N) is 1. The highest BCUT2D eigenvalue weighted by Gasteiger charge is 2.35. The maximum Gasteiger partial charge on any atom is 0.271 e. The number of amides is 1. The molecule has 0 unspecified atom stereocenters. The third-order valence-electron chi connectivity index (χ3n) is 7.03. The molecule has 0 bridgehead atoms. The molecule has 3 N–H and O–H groups in total. The molecule has 11 heteroatoms. The molecule has 0 radical (unpaired) electrons. The Balaban J connectivity index is 1.48. The molecule has 1 aliphatic rings. The molecule has 194 valence electrons. The summed E-state index contributed by atoms with van der Waals surface area (Å²) in [5, 5.41) is 2.83. The molecular formula is C27H24F3N7O. The summed E-state index contributed by atoms with van der Waals surface area (Å²) < 4.78 is 44.4. The van der Waals surface area contributed by atoms with Crippen LogP contribution in [0.1, 0.15) is 36.2 Å². The summed E-state index contributed by atoms with van der Waals surface area (Å²) in [6, 6.07) is 11.3. The van der Waals surface area contributed by atoms with E-state index < -0.39 is 11.8 Å². The number of alkyl halides is 2. The van der Waals surface area contributed by atoms with Crippen molar-refractivity contribution in [2.75, 3.05) is 5.73 Å². The number of rotatable bonds is 4. The average Bonchev–Trinajstić information content (AvgIpc) is 3.50. The van der Waals surface area contributed by atoms with Gasteiger partial charge >= 0.3 is 0 Å². The van der Waals surface area contributed by atoms with E-state index in [-0.39, 0.29) is 54.7 Å². The summed E-state index contributed by atoms with van der Waals surface area (Å²) in [7, 11) is 1.89. The first-order valence-corrected chi connectivity index (χ1v) is 12.2. The third-order valence-corrected chi connectivity index (χ3v) is 7.03. The van der Waals surface area contributed by atoms with Crippen molar-refractivity contribution in [3.63, 3.8) is 0 Å². The molecule has 1 fully saturated rings. The topological polar surface area (TPSA) is 103 Å². The zero-order chi connectivity index (χ0) is 26.6. The van der Waals surface area contributed by atoms with Gasteiger partial charge < -0.3 is 15.6 Å². The maximum absolute atomic E-state index is 13.7. The number of fused-ring (bicyclic) bond motifs is 2. The molecule has 8 nitrogen and oxygen atoms in total. The third kappa shape index (κ3) is 4.23. The Morgan fingerprint density at radius 1 is 1.08 bits per heavy atom. The second-order valence-corrected chi connectivity index (χ2v) is 9.68. The molecule has 1 amide bonds. The quantitative estimate of drug-likeness (QED) is 0.349. The minimum absolute atomic E-state index is 0.0889. The van der Waals surface area contributed by atoms with Gasteiger partial charge in [-0.25, -0.2) is 28.1 Å². The fraction of sp³-hybridized carbons (Fsp3) is 0.259. The van der Waals surface area contributed by atoms with Crippen LogP contribution in [0.15, 0.2) is 55.0 Å². The van der Waals surface area contributed by atoms with Crippen LogP contribution in [0, 0.1) is 5.82 Å². The van der Waals surface area contributed by atoms with Gasteiger partial charge in [0.05, 0.1) is 28.7 Å². The summed E-state index contributed by atoms with van der Waals surface area (Å²) in [6.07, 6.45) is 3.15. The van der Waals surface area contributed by atoms with Crippen molar-refractivity contribution in [2.24, 2.45) is 7.05 Å². The summed E-state index contributed by atoms with van der Waals surface area (Å²) >= 11 is 0. The lowest BCUT2D eigenvalue weighted by Crippen LogP contribution is -2.40. The van der Waals surface area contributed by atoms with Gasteiger partial charge in [0.1, 0.15) is 11.5 Å². The molecule has 0 saturated heterocycles. The maximum atomic E-state index is 13.7. The van der Waals surface area contributed by atoms with E-state index in [1.54, 1.807) is 29.1 Å². The van der Waals surface area contributed by atoms with E-state index in [2.05, 4.69) is 20.3 Å². The first-order chi connectivity index (χ1) is 18.2. The zero-order valence-electron chi connectivity index (χ0n) is 20.5. The SMILES string of the molecule is Cn1cnc2ccc(-c3c(-c4ccc(F)cc4)nc(N)c4nc(C(=O)NC5CCC(F)(F)CC5)cn34)cc21. The fourth-order valence-electron chi connectivity index (χ4n) is 4.98. The Hall–Kier alpha value is -4.41. The first-order valence-electron chi connectivity index (χ1n) is 12.2. The standard InChI is InChI=1S/C27H24F3N7O/c1-36-14-32-19-7-4-16(12-21(19)36)23-22(15-2-5-17(28)6-3-15)35-24(31)25-34-20(13-37(23)25)26(38)33-18-8-10-27(29,30)11-9-18/h2-7,12-14,18H,8-11H2,1H3,(H2,31,35)(H,33,38). The van der Waals surface area contributed by atoms with Gasteiger partial charge in [-0.2, -0.15) is 0 Å². The summed E-state index contributed by atoms with van der Waals surface area (Å²) in [4.78, 5) is 26.5. The van der Waals surface area contributed by atoms with Gasteiger partial charge in [0, 0.05) is 43.3 Å². The van der Waals surface area contributed by atoms with Gasteiger partial charge in [0.25, 0.3) is 5.91 Å². The van der Waals surface area contributed by atoms with E-state index in [1.165, 1.54) is 12.1 Å². The highest BCUT2D eigenvalue weighted by Crippen LogP contribution is 2.36. The summed E-state index contributed by atoms with van der Waals surface area (Å²) in [6.45, 7) is 0. The van der Waals surface area contributed by atoms with Crippen LogP contribution in [0.3, 0.4) is 0 Å². The van der Waals surface area contributed by atoms with Gasteiger partial charge in [0.2, 0.25) is 5.92 Å². The van der Waals surface area contributed by atoms with E-state index in [9.17, 15) is 18.0 Å². The predicted octanol–water partition coefficient (Wildman–Crippen LogP) is 4.98. The Morgan fingerprint density at radius 2 is 1.79 bits per heavy atom. The molecular weight excluding hydrogens is 495 g/mol. The highest BCUT2D eigenvalue weighted by molar-refractivity contribution is 5.95. The molecule has 6 rings (SSSR count). The van der Waals surface area contributed by atoms with Crippen molar-refractivity contribution in [1.29, 1.82) is 0 Å². The van der Waals surface area contributed by atoms with Crippen molar-refractivity contribution >= 4 is 28.4 Å². The van der Waals surface area contributed by atoms with Crippen molar-refractivity contribution in [3.05, 3.63) is 66.5 Å². The molecule has 5 aromatic rings. The molecule has 1 saturated carbocycles. The Labute approximate surface area is 215 Å². The van der Waals surface area contributed by atoms with E-state index in [0.717, 1.165) is 16.6 Å². The molecule has 0 atom stereocenters. The lowest BCUT2D eigenvalue weighted by molar-refractivity contribution is -0.0399. The number of benzene rings is 2. The smallest absolute Gasteiger partial charge is 0.271 e. The summed E-state index contributed by atoms with van der Waals surface area (Å²) in [5.74, 6) is -3.46. The van der Waals surface area contributed by atoms with Crippen molar-refractivity contribution in [1.82, 2.24) is 29.2 Å². The minimum Gasteiger partial charge on any atom is -0.381 e. The van der Waals surface area contributed by atoms with E-state index in [4.69, 9.17) is 5.73 Å². The second-order valence-electron chi connectivity index (χ2n) is 9.68. The van der Waals surface area contributed by atoms with Crippen LogP contribution < -0.4 is 11.1 Å². The molecule has 0 aliphatic heterocycles. The van der Waals surface area contributed by atoms with Crippen molar-refractivity contribution in [2.45, 2.75) is 37.6 Å². The number of nitrogen functional groups attached to an aromatic ring is 1. The van der Waals surface area contributed by atoms with Gasteiger partial charge in [0.15, 0.2) is 11.5 Å². The normalized spacial score (nSPS) is 15.8. The summed E-state index contributed by atoms with van der Waals surface area (Å²) in [5.41, 5.74) is 10.8. The predicted molar refractivity (Wildman–Crippen MR) is 137 cm³/mol. The number of hydrogen-bond donors (Lipinski definition) is 2. The van der Waals surface area contributed by atoms with Crippen molar-refractivity contribution < 1.29 is 18.0 Å². The lowest BCUT2D eigenvalue weighted by atomic mass is 9.92. The van der Waals surface area contributed by atoms with Crippen LogP contribution in [0.25, 0.3) is 39.2 Å². The molecule has 3 heterocycles. The number of carbonyl (C=O) groups excluding carboxylic acids is 1. The number of anilines is 1. The Bertz CT molecular complexity index is 1680. The first kappa shape index (κ1) is 24.0. The zero-order valence-corrected chi connectivity index (χ0v) is 20.5. The van der Waals surface area contributed by atoms with Crippen LogP contribution >= 0.6 is 0 Å². The van der Waals surface area contributed by atoms with Crippen LogP contribution in [-0.2, 0) is 7.05 Å². The number of nitrogens with one attached hydrogen (secondary N) is 1. The number of aryl methyl sites for hydroxylation is 1. The van der Waals surface area contributed by atoms with Gasteiger partial charge in [-0.3, -0.25) is 9.20 Å². The average molecular weight is 520 g/mol. The number of hydrogen-bond acceptors (Lipinski definition) is 5. The highest BCUT2D eigenvalue weighted by atomic mass is 19.3. The van der Waals surface area contributed by atoms with E-state index in [1.807, 2.05) is 29.8 Å². The van der Waals surface area contributed by atoms with Gasteiger partial charge in [-0.15, -0.1) is 0 Å². The molecule has 38 heavy (non-hydrogen) atoms. The van der Waals surface area contributed by atoms with E-state index >= 15 is 0 Å². The van der Waals surface area contributed by atoms with Crippen LogP contribution in [0.2, 0.25) is 0 Å². The molecule has 3 aromatic heterocycles. The van der Waals surface area contributed by atoms with Crippen LogP contribution in [0.4, 0.5) is 19.0 Å². The van der Waals surface area contributed by atoms with Crippen molar-refractivity contribution in [3.8, 4) is 22.5 Å². The fourth-order valence-corrected chi connectivity index (χ4v) is 4.98. The number of nitrogens with zero attached hydrogens (tertiary/aromatic N) is 5. The molecule has 2 aromatic carbocycles. The van der Waals surface area contributed by atoms with Crippen LogP contribution in [0.5, 0.6) is 0 Å². The number of carbonyl (C=O) groups is 1. The van der Waals surface area contributed by atoms with Gasteiger partial charge in [-0.05, 0) is 49.2 Å². The minimum atomic E-state index is -2.69. The number of halogens is 3. The number of aromatic nitrogens is 5. The molecule has 0 spiro atoms.